The minimum Gasteiger partial charge on any atom is -0.469 e. The van der Waals surface area contributed by atoms with Crippen molar-refractivity contribution in [3.63, 3.8) is 0 Å². The van der Waals surface area contributed by atoms with Crippen LogP contribution >= 0.6 is 0 Å². The number of pyridine rings is 1. The fraction of sp³-hybridized carbons (Fsp3) is 0.520. The average molecular weight is 439 g/mol. The highest BCUT2D eigenvalue weighted by atomic mass is 16.5. The fourth-order valence-electron chi connectivity index (χ4n) is 5.94. The van der Waals surface area contributed by atoms with Crippen LogP contribution in [0.4, 0.5) is 0 Å². The molecule has 3 aliphatic rings. The second kappa shape index (κ2) is 8.81. The van der Waals surface area contributed by atoms with Gasteiger partial charge in [0, 0.05) is 56.1 Å². The normalized spacial score (nSPS) is 27.8. The second-order valence-electron chi connectivity index (χ2n) is 9.11. The summed E-state index contributed by atoms with van der Waals surface area (Å²) in [5.41, 5.74) is 2.33. The van der Waals surface area contributed by atoms with E-state index in [1.54, 1.807) is 0 Å². The Balaban J connectivity index is 1.58. The summed E-state index contributed by atoms with van der Waals surface area (Å²) < 4.78 is 12.5. The first-order valence-electron chi connectivity index (χ1n) is 11.5. The van der Waals surface area contributed by atoms with Crippen LogP contribution < -0.4 is 5.56 Å². The van der Waals surface area contributed by atoms with Crippen molar-refractivity contribution in [1.29, 1.82) is 0 Å². The quantitative estimate of drug-likeness (QED) is 0.720. The van der Waals surface area contributed by atoms with Crippen molar-refractivity contribution in [1.82, 2.24) is 9.47 Å². The van der Waals surface area contributed by atoms with E-state index in [1.807, 2.05) is 47.0 Å². The summed E-state index contributed by atoms with van der Waals surface area (Å²) in [5, 5.41) is 10.3. The summed E-state index contributed by atoms with van der Waals surface area (Å²) in [4.78, 5) is 28.8. The first-order valence-corrected chi connectivity index (χ1v) is 11.5. The molecule has 0 unspecified atom stereocenters. The van der Waals surface area contributed by atoms with Crippen molar-refractivity contribution in [2.75, 3.05) is 33.5 Å². The summed E-state index contributed by atoms with van der Waals surface area (Å²) in [6.07, 6.45) is 1.98. The monoisotopic (exact) mass is 438 g/mol. The summed E-state index contributed by atoms with van der Waals surface area (Å²) >= 11 is 0. The first-order chi connectivity index (χ1) is 15.6. The number of methoxy groups -OCH3 is 1. The molecule has 1 N–H and O–H groups in total. The van der Waals surface area contributed by atoms with Crippen LogP contribution in [0.3, 0.4) is 0 Å². The number of hydrogen-bond acceptors (Lipinski definition) is 6. The Morgan fingerprint density at radius 3 is 2.59 bits per heavy atom. The van der Waals surface area contributed by atoms with Gasteiger partial charge in [0.2, 0.25) is 0 Å². The van der Waals surface area contributed by atoms with Crippen LogP contribution in [0.5, 0.6) is 0 Å². The molecule has 2 fully saturated rings. The van der Waals surface area contributed by atoms with E-state index in [0.29, 0.717) is 18.0 Å². The molecule has 4 atom stereocenters. The maximum atomic E-state index is 13.5. The molecule has 0 radical (unpaired) electrons. The minimum atomic E-state index is -0.495. The molecule has 0 amide bonds. The number of aromatic nitrogens is 1. The van der Waals surface area contributed by atoms with Crippen LogP contribution in [0, 0.1) is 17.8 Å². The van der Waals surface area contributed by atoms with Crippen LogP contribution in [0.15, 0.2) is 47.3 Å². The minimum absolute atomic E-state index is 0.0448. The Kier molecular flexibility index (Phi) is 5.88. The number of aliphatic hydroxyl groups is 1. The van der Waals surface area contributed by atoms with Gasteiger partial charge in [0.25, 0.3) is 5.56 Å². The van der Waals surface area contributed by atoms with Crippen molar-refractivity contribution in [2.45, 2.75) is 31.5 Å². The van der Waals surface area contributed by atoms with Crippen LogP contribution in [0.1, 0.15) is 24.6 Å². The molecule has 3 aliphatic heterocycles. The van der Waals surface area contributed by atoms with Crippen molar-refractivity contribution < 1.29 is 19.4 Å². The van der Waals surface area contributed by atoms with Gasteiger partial charge in [-0.3, -0.25) is 14.5 Å². The van der Waals surface area contributed by atoms with Crippen molar-refractivity contribution in [2.24, 2.45) is 17.8 Å². The van der Waals surface area contributed by atoms with E-state index in [2.05, 4.69) is 4.90 Å². The number of benzene rings is 1. The number of hydrogen-bond donors (Lipinski definition) is 1. The van der Waals surface area contributed by atoms with Gasteiger partial charge in [0.15, 0.2) is 0 Å². The van der Waals surface area contributed by atoms with Crippen LogP contribution in [-0.4, -0.2) is 60.1 Å². The molecule has 2 bridgehead atoms. The van der Waals surface area contributed by atoms with E-state index in [0.717, 1.165) is 43.9 Å². The number of fused-ring (bicyclic) bond motifs is 4. The SMILES string of the molecule is COC(=O)[C@@H]1[C@@H](CO)[C@@H]2Cn3c(ccc(-c4ccccc4)c3=O)[C@H]1N2CC1CCOCC1. The van der Waals surface area contributed by atoms with Gasteiger partial charge in [-0.1, -0.05) is 30.3 Å². The van der Waals surface area contributed by atoms with Crippen LogP contribution in [-0.2, 0) is 20.8 Å². The van der Waals surface area contributed by atoms with Gasteiger partial charge >= 0.3 is 5.97 Å². The first kappa shape index (κ1) is 21.4. The molecule has 4 heterocycles. The third-order valence-electron chi connectivity index (χ3n) is 7.54. The number of carbonyl (C=O) groups is 1. The summed E-state index contributed by atoms with van der Waals surface area (Å²) in [5.74, 6) is -0.606. The molecular weight excluding hydrogens is 408 g/mol. The van der Waals surface area contributed by atoms with Crippen LogP contribution in [0.25, 0.3) is 11.1 Å². The second-order valence-corrected chi connectivity index (χ2v) is 9.11. The van der Waals surface area contributed by atoms with E-state index in [4.69, 9.17) is 9.47 Å². The van der Waals surface area contributed by atoms with E-state index >= 15 is 0 Å². The predicted molar refractivity (Wildman–Crippen MR) is 119 cm³/mol. The lowest BCUT2D eigenvalue weighted by atomic mass is 9.87. The van der Waals surface area contributed by atoms with Crippen molar-refractivity contribution >= 4 is 5.97 Å². The maximum absolute atomic E-state index is 13.5. The molecule has 0 spiro atoms. The number of nitrogens with zero attached hydrogens (tertiary/aromatic N) is 2. The van der Waals surface area contributed by atoms with Gasteiger partial charge in [-0.05, 0) is 36.5 Å². The Morgan fingerprint density at radius 2 is 1.91 bits per heavy atom. The Morgan fingerprint density at radius 1 is 1.16 bits per heavy atom. The van der Waals surface area contributed by atoms with Gasteiger partial charge in [0.1, 0.15) is 0 Å². The third kappa shape index (κ3) is 3.49. The summed E-state index contributed by atoms with van der Waals surface area (Å²) in [6.45, 7) is 2.70. The molecule has 0 aliphatic carbocycles. The van der Waals surface area contributed by atoms with Crippen LogP contribution in [0.2, 0.25) is 0 Å². The largest absolute Gasteiger partial charge is 0.469 e. The number of ether oxygens (including phenoxy) is 2. The Hall–Kier alpha value is -2.48. The van der Waals surface area contributed by atoms with Crippen molar-refractivity contribution in [3.8, 4) is 11.1 Å². The topological polar surface area (TPSA) is 81.0 Å². The van der Waals surface area contributed by atoms with E-state index in [1.165, 1.54) is 7.11 Å². The molecule has 2 saturated heterocycles. The fourth-order valence-corrected chi connectivity index (χ4v) is 5.94. The van der Waals surface area contributed by atoms with E-state index in [9.17, 15) is 14.7 Å². The highest BCUT2D eigenvalue weighted by Crippen LogP contribution is 2.49. The Bertz CT molecular complexity index is 1030. The third-order valence-corrected chi connectivity index (χ3v) is 7.54. The molecule has 32 heavy (non-hydrogen) atoms. The van der Waals surface area contributed by atoms with Gasteiger partial charge in [0.05, 0.1) is 19.1 Å². The zero-order valence-electron chi connectivity index (χ0n) is 18.4. The lowest BCUT2D eigenvalue weighted by Gasteiger charge is -2.40. The number of aliphatic hydroxyl groups excluding tert-OH is 1. The molecule has 170 valence electrons. The lowest BCUT2D eigenvalue weighted by Crippen LogP contribution is -2.48. The summed E-state index contributed by atoms with van der Waals surface area (Å²) in [7, 11) is 1.40. The molecule has 2 aromatic rings. The highest BCUT2D eigenvalue weighted by molar-refractivity contribution is 5.75. The maximum Gasteiger partial charge on any atom is 0.311 e. The molecule has 5 rings (SSSR count). The summed E-state index contributed by atoms with van der Waals surface area (Å²) in [6, 6.07) is 13.1. The smallest absolute Gasteiger partial charge is 0.311 e. The zero-order valence-corrected chi connectivity index (χ0v) is 18.4. The van der Waals surface area contributed by atoms with Gasteiger partial charge in [-0.25, -0.2) is 0 Å². The molecule has 7 nitrogen and oxygen atoms in total. The van der Waals surface area contributed by atoms with E-state index < -0.39 is 5.92 Å². The zero-order chi connectivity index (χ0) is 22.2. The average Bonchev–Trinajstić information content (AvgIpc) is 3.04. The van der Waals surface area contributed by atoms with Gasteiger partial charge < -0.3 is 19.1 Å². The van der Waals surface area contributed by atoms with Crippen molar-refractivity contribution in [3.05, 3.63) is 58.5 Å². The molecule has 0 saturated carbocycles. The number of carbonyl (C=O) groups excluding carboxylic acids is 1. The standard InChI is InChI=1S/C25H30N2O5/c1-31-25(30)22-19(15-28)21-14-27-20(23(22)26(21)13-16-9-11-32-12-10-16)8-7-18(24(27)29)17-5-3-2-4-6-17/h2-8,16,19,21-23,28H,9-15H2,1H3/t19-,21-,22+,23+/m0/s1. The predicted octanol–water partition coefficient (Wildman–Crippen LogP) is 2.08. The molecule has 1 aromatic heterocycles. The lowest BCUT2D eigenvalue weighted by molar-refractivity contribution is -0.148. The number of esters is 1. The van der Waals surface area contributed by atoms with Gasteiger partial charge in [-0.15, -0.1) is 0 Å². The molecular formula is C25H30N2O5. The van der Waals surface area contributed by atoms with E-state index in [-0.39, 0.29) is 36.1 Å². The highest BCUT2D eigenvalue weighted by Gasteiger charge is 2.56. The number of rotatable bonds is 5. The van der Waals surface area contributed by atoms with Gasteiger partial charge in [-0.2, -0.15) is 0 Å². The Labute approximate surface area is 187 Å². The molecule has 7 heteroatoms. The molecule has 1 aromatic carbocycles.